The molecule has 0 amide bonds. The number of benzene rings is 2. The number of nitrogens with zero attached hydrogens (tertiary/aromatic N) is 1. The average molecular weight is 387 g/mol. The second-order valence-electron chi connectivity index (χ2n) is 5.56. The molecule has 27 heavy (non-hydrogen) atoms. The molecule has 3 rings (SSSR count). The number of rotatable bonds is 5. The van der Waals surface area contributed by atoms with E-state index in [-0.39, 0.29) is 27.3 Å². The van der Waals surface area contributed by atoms with Gasteiger partial charge in [-0.1, -0.05) is 17.7 Å². The Labute approximate surface area is 158 Å². The lowest BCUT2D eigenvalue weighted by Gasteiger charge is -2.08. The summed E-state index contributed by atoms with van der Waals surface area (Å²) < 4.78 is 10.4. The van der Waals surface area contributed by atoms with E-state index in [1.165, 1.54) is 32.4 Å². The third kappa shape index (κ3) is 3.78. The van der Waals surface area contributed by atoms with Crippen LogP contribution in [-0.4, -0.2) is 35.3 Å². The number of ether oxygens (including phenoxy) is 2. The first-order valence-electron chi connectivity index (χ1n) is 7.80. The van der Waals surface area contributed by atoms with Gasteiger partial charge >= 0.3 is 5.97 Å². The zero-order valence-corrected chi connectivity index (χ0v) is 15.2. The molecular formula is C19H15ClN2O5. The molecule has 0 aliphatic heterocycles. The number of methoxy groups -OCH3 is 2. The lowest BCUT2D eigenvalue weighted by molar-refractivity contribution is 0.0697. The largest absolute Gasteiger partial charge is 0.493 e. The van der Waals surface area contributed by atoms with Crippen LogP contribution in [0.2, 0.25) is 0 Å². The molecule has 138 valence electrons. The fourth-order valence-electron chi connectivity index (χ4n) is 2.54. The van der Waals surface area contributed by atoms with Crippen LogP contribution in [0.3, 0.4) is 0 Å². The fraction of sp³-hybridized carbons (Fsp3) is 0.105. The molecule has 0 unspecified atom stereocenters. The zero-order chi connectivity index (χ0) is 19.6. The van der Waals surface area contributed by atoms with Crippen LogP contribution in [-0.2, 0) is 0 Å². The van der Waals surface area contributed by atoms with Crippen LogP contribution in [0.5, 0.6) is 11.5 Å². The first kappa shape index (κ1) is 18.5. The standard InChI is InChI=1S/C19H15ClN2O5/c1-26-15-6-3-10(8-16(15)27-2)7-13(20)17-21-14-9-11(19(24)25)4-5-12(14)18(23)22-17/h3-9H,1-2H3,(H,24,25)(H,21,22,23). The van der Waals surface area contributed by atoms with E-state index in [0.29, 0.717) is 17.1 Å². The number of aromatic nitrogens is 2. The van der Waals surface area contributed by atoms with Crippen LogP contribution >= 0.6 is 11.6 Å². The van der Waals surface area contributed by atoms with E-state index in [2.05, 4.69) is 9.97 Å². The molecule has 0 aliphatic rings. The quantitative estimate of drug-likeness (QED) is 0.697. The minimum Gasteiger partial charge on any atom is -0.493 e. The monoisotopic (exact) mass is 386 g/mol. The molecule has 1 heterocycles. The zero-order valence-electron chi connectivity index (χ0n) is 14.4. The number of carbonyl (C=O) groups is 1. The predicted octanol–water partition coefficient (Wildman–Crippen LogP) is 3.38. The van der Waals surface area contributed by atoms with Crippen molar-refractivity contribution in [2.75, 3.05) is 14.2 Å². The Balaban J connectivity index is 2.07. The van der Waals surface area contributed by atoms with Gasteiger partial charge in [-0.25, -0.2) is 9.78 Å². The van der Waals surface area contributed by atoms with E-state index >= 15 is 0 Å². The third-order valence-electron chi connectivity index (χ3n) is 3.88. The second kappa shape index (κ2) is 7.51. The number of carboxylic acid groups (broad SMARTS) is 1. The molecule has 3 aromatic rings. The highest BCUT2D eigenvalue weighted by Crippen LogP contribution is 2.29. The highest BCUT2D eigenvalue weighted by molar-refractivity contribution is 6.50. The van der Waals surface area contributed by atoms with E-state index in [0.717, 1.165) is 0 Å². The Morgan fingerprint density at radius 2 is 1.89 bits per heavy atom. The molecule has 2 N–H and O–H groups in total. The first-order chi connectivity index (χ1) is 12.9. The van der Waals surface area contributed by atoms with Crippen molar-refractivity contribution in [3.05, 3.63) is 63.7 Å². The molecule has 0 fully saturated rings. The predicted molar refractivity (Wildman–Crippen MR) is 103 cm³/mol. The van der Waals surface area contributed by atoms with Gasteiger partial charge in [0.25, 0.3) is 5.56 Å². The van der Waals surface area contributed by atoms with Crippen molar-refractivity contribution in [1.29, 1.82) is 0 Å². The number of H-pyrrole nitrogens is 1. The summed E-state index contributed by atoms with van der Waals surface area (Å²) in [6.07, 6.45) is 1.61. The summed E-state index contributed by atoms with van der Waals surface area (Å²) in [5, 5.41) is 9.57. The number of aromatic carboxylic acids is 1. The van der Waals surface area contributed by atoms with E-state index in [1.807, 2.05) is 0 Å². The molecular weight excluding hydrogens is 372 g/mol. The molecule has 7 nitrogen and oxygen atoms in total. The topological polar surface area (TPSA) is 102 Å². The molecule has 1 aromatic heterocycles. The van der Waals surface area contributed by atoms with Crippen LogP contribution in [0.25, 0.3) is 22.0 Å². The van der Waals surface area contributed by atoms with Crippen LogP contribution in [0.4, 0.5) is 0 Å². The smallest absolute Gasteiger partial charge is 0.335 e. The molecule has 0 saturated heterocycles. The molecule has 0 saturated carbocycles. The number of nitrogens with one attached hydrogen (secondary N) is 1. The number of fused-ring (bicyclic) bond motifs is 1. The van der Waals surface area contributed by atoms with E-state index in [9.17, 15) is 9.59 Å². The normalized spacial score (nSPS) is 11.4. The van der Waals surface area contributed by atoms with Gasteiger partial charge in [0.2, 0.25) is 0 Å². The van der Waals surface area contributed by atoms with Crippen molar-refractivity contribution in [2.24, 2.45) is 0 Å². The molecule has 0 bridgehead atoms. The van der Waals surface area contributed by atoms with Crippen LogP contribution in [0.1, 0.15) is 21.7 Å². The average Bonchev–Trinajstić information content (AvgIpc) is 2.67. The van der Waals surface area contributed by atoms with Gasteiger partial charge in [0.05, 0.1) is 35.7 Å². The number of halogens is 1. The number of hydrogen-bond acceptors (Lipinski definition) is 5. The SMILES string of the molecule is COc1ccc(C=C(Cl)c2nc3cc(C(=O)O)ccc3c(=O)[nH]2)cc1OC. The van der Waals surface area contributed by atoms with Crippen molar-refractivity contribution in [1.82, 2.24) is 9.97 Å². The second-order valence-corrected chi connectivity index (χ2v) is 5.97. The molecule has 0 radical (unpaired) electrons. The Kier molecular flexibility index (Phi) is 5.14. The molecule has 2 aromatic carbocycles. The molecule has 0 atom stereocenters. The number of hydrogen-bond donors (Lipinski definition) is 2. The lowest BCUT2D eigenvalue weighted by Crippen LogP contribution is -2.11. The summed E-state index contributed by atoms with van der Waals surface area (Å²) in [5.41, 5.74) is 0.574. The maximum Gasteiger partial charge on any atom is 0.335 e. The van der Waals surface area contributed by atoms with Crippen LogP contribution in [0.15, 0.2) is 41.2 Å². The summed E-state index contributed by atoms with van der Waals surface area (Å²) in [4.78, 5) is 30.3. The van der Waals surface area contributed by atoms with E-state index in [4.69, 9.17) is 26.2 Å². The maximum absolute atomic E-state index is 12.3. The Hall–Kier alpha value is -3.32. The third-order valence-corrected chi connectivity index (χ3v) is 4.17. The summed E-state index contributed by atoms with van der Waals surface area (Å²) in [5.74, 6) is 0.130. The van der Waals surface area contributed by atoms with Crippen molar-refractivity contribution >= 4 is 39.6 Å². The minimum absolute atomic E-state index is 0.0338. The Morgan fingerprint density at radius 1 is 1.15 bits per heavy atom. The minimum atomic E-state index is -1.10. The van der Waals surface area contributed by atoms with Crippen LogP contribution < -0.4 is 15.0 Å². The molecule has 0 spiro atoms. The summed E-state index contributed by atoms with van der Waals surface area (Å²) in [6, 6.07) is 9.32. The van der Waals surface area contributed by atoms with Gasteiger partial charge in [0.15, 0.2) is 17.3 Å². The number of aromatic amines is 1. The Morgan fingerprint density at radius 3 is 2.56 bits per heavy atom. The lowest BCUT2D eigenvalue weighted by atomic mass is 10.1. The van der Waals surface area contributed by atoms with Crippen molar-refractivity contribution in [3.63, 3.8) is 0 Å². The summed E-state index contributed by atoms with van der Waals surface area (Å²) in [7, 11) is 3.06. The van der Waals surface area contributed by atoms with Gasteiger partial charge in [-0.15, -0.1) is 0 Å². The molecule has 8 heteroatoms. The number of carboxylic acids is 1. The van der Waals surface area contributed by atoms with Crippen molar-refractivity contribution < 1.29 is 19.4 Å². The summed E-state index contributed by atoms with van der Waals surface area (Å²) in [6.45, 7) is 0. The summed E-state index contributed by atoms with van der Waals surface area (Å²) >= 11 is 6.32. The fourth-order valence-corrected chi connectivity index (χ4v) is 2.76. The van der Waals surface area contributed by atoms with E-state index < -0.39 is 11.5 Å². The van der Waals surface area contributed by atoms with Crippen molar-refractivity contribution in [2.45, 2.75) is 0 Å². The maximum atomic E-state index is 12.3. The van der Waals surface area contributed by atoms with Gasteiger partial charge in [-0.05, 0) is 42.0 Å². The highest BCUT2D eigenvalue weighted by Gasteiger charge is 2.11. The Bertz CT molecular complexity index is 1120. The van der Waals surface area contributed by atoms with Gasteiger partial charge in [-0.2, -0.15) is 0 Å². The van der Waals surface area contributed by atoms with Gasteiger partial charge < -0.3 is 19.6 Å². The van der Waals surface area contributed by atoms with Gasteiger partial charge in [-0.3, -0.25) is 4.79 Å². The molecule has 0 aliphatic carbocycles. The first-order valence-corrected chi connectivity index (χ1v) is 8.17. The van der Waals surface area contributed by atoms with E-state index in [1.54, 1.807) is 24.3 Å². The van der Waals surface area contributed by atoms with Crippen molar-refractivity contribution in [3.8, 4) is 11.5 Å². The van der Waals surface area contributed by atoms with Crippen LogP contribution in [0, 0.1) is 0 Å². The van der Waals surface area contributed by atoms with Gasteiger partial charge in [0.1, 0.15) is 0 Å². The van der Waals surface area contributed by atoms with Gasteiger partial charge in [0, 0.05) is 0 Å². The highest BCUT2D eigenvalue weighted by atomic mass is 35.5.